The summed E-state index contributed by atoms with van der Waals surface area (Å²) in [5.41, 5.74) is 1.29. The lowest BCUT2D eigenvalue weighted by molar-refractivity contribution is -0.0623. The number of H-pyrrole nitrogens is 1. The van der Waals surface area contributed by atoms with Gasteiger partial charge in [0.05, 0.1) is 32.5 Å². The Kier molecular flexibility index (Phi) is 7.09. The smallest absolute Gasteiger partial charge is 0.330 e. The fraction of sp³-hybridized carbons (Fsp3) is 0.333. The second-order valence-electron chi connectivity index (χ2n) is 7.64. The highest BCUT2D eigenvalue weighted by Gasteiger charge is 2.37. The second kappa shape index (κ2) is 10.3. The molecule has 1 aliphatic rings. The summed E-state index contributed by atoms with van der Waals surface area (Å²) >= 11 is 0. The van der Waals surface area contributed by atoms with E-state index in [1.807, 2.05) is 60.7 Å². The molecule has 7 nitrogen and oxygen atoms in total. The van der Waals surface area contributed by atoms with Gasteiger partial charge in [0.15, 0.2) is 0 Å². The van der Waals surface area contributed by atoms with Crippen molar-refractivity contribution < 1.29 is 14.2 Å². The Bertz CT molecular complexity index is 1010. The normalized spacial score (nSPS) is 20.7. The van der Waals surface area contributed by atoms with Crippen LogP contribution in [0.3, 0.4) is 0 Å². The summed E-state index contributed by atoms with van der Waals surface area (Å²) in [6.45, 7) is 1.88. The first-order valence-corrected chi connectivity index (χ1v) is 10.4. The molecule has 7 heteroatoms. The summed E-state index contributed by atoms with van der Waals surface area (Å²) in [6, 6.07) is 21.3. The zero-order valence-electron chi connectivity index (χ0n) is 17.2. The molecule has 1 N–H and O–H groups in total. The van der Waals surface area contributed by atoms with E-state index in [4.69, 9.17) is 14.2 Å². The van der Waals surface area contributed by atoms with Gasteiger partial charge in [-0.25, -0.2) is 4.79 Å². The lowest BCUT2D eigenvalue weighted by Crippen LogP contribution is -2.31. The van der Waals surface area contributed by atoms with Crippen LogP contribution in [0.15, 0.2) is 82.5 Å². The summed E-state index contributed by atoms with van der Waals surface area (Å²) in [7, 11) is 0. The number of aromatic amines is 1. The molecule has 1 aromatic heterocycles. The molecular weight excluding hydrogens is 396 g/mol. The second-order valence-corrected chi connectivity index (χ2v) is 7.64. The molecule has 0 aliphatic carbocycles. The maximum atomic E-state index is 12.2. The van der Waals surface area contributed by atoms with Gasteiger partial charge >= 0.3 is 5.69 Å². The van der Waals surface area contributed by atoms with Crippen LogP contribution >= 0.6 is 0 Å². The predicted octanol–water partition coefficient (Wildman–Crippen LogP) is 2.87. The zero-order chi connectivity index (χ0) is 21.5. The first-order chi connectivity index (χ1) is 15.2. The average Bonchev–Trinajstić information content (AvgIpc) is 3.18. The Hall–Kier alpha value is -3.00. The van der Waals surface area contributed by atoms with E-state index in [0.29, 0.717) is 32.8 Å². The number of nitrogens with one attached hydrogen (secondary N) is 1. The highest BCUT2D eigenvalue weighted by Crippen LogP contribution is 2.33. The molecule has 1 aliphatic heterocycles. The quantitative estimate of drug-likeness (QED) is 0.573. The van der Waals surface area contributed by atoms with Crippen molar-refractivity contribution in [2.45, 2.75) is 32.0 Å². The van der Waals surface area contributed by atoms with Gasteiger partial charge in [0.2, 0.25) is 0 Å². The van der Waals surface area contributed by atoms with Crippen LogP contribution < -0.4 is 11.2 Å². The fourth-order valence-electron chi connectivity index (χ4n) is 3.73. The lowest BCUT2D eigenvalue weighted by Gasteiger charge is -2.19. The molecule has 0 spiro atoms. The zero-order valence-corrected chi connectivity index (χ0v) is 17.2. The van der Waals surface area contributed by atoms with Gasteiger partial charge in [0.25, 0.3) is 5.56 Å². The third-order valence-electron chi connectivity index (χ3n) is 5.36. The van der Waals surface area contributed by atoms with Crippen LogP contribution in [0, 0.1) is 5.92 Å². The molecule has 0 unspecified atom stereocenters. The Morgan fingerprint density at radius 1 is 0.871 bits per heavy atom. The largest absolute Gasteiger partial charge is 0.376 e. The van der Waals surface area contributed by atoms with Crippen molar-refractivity contribution in [3.63, 3.8) is 0 Å². The maximum absolute atomic E-state index is 12.2. The van der Waals surface area contributed by atoms with Crippen molar-refractivity contribution in [1.82, 2.24) is 9.55 Å². The average molecular weight is 422 g/mol. The van der Waals surface area contributed by atoms with Gasteiger partial charge in [-0.15, -0.1) is 0 Å². The predicted molar refractivity (Wildman–Crippen MR) is 116 cm³/mol. The van der Waals surface area contributed by atoms with E-state index in [1.165, 1.54) is 16.8 Å². The molecular formula is C24H26N2O5. The number of rotatable bonds is 9. The molecule has 2 aromatic carbocycles. The monoisotopic (exact) mass is 422 g/mol. The van der Waals surface area contributed by atoms with Crippen LogP contribution in [-0.4, -0.2) is 28.9 Å². The van der Waals surface area contributed by atoms with E-state index in [-0.39, 0.29) is 12.0 Å². The maximum Gasteiger partial charge on any atom is 0.330 e. The Balaban J connectivity index is 1.39. The van der Waals surface area contributed by atoms with E-state index in [2.05, 4.69) is 4.98 Å². The first kappa shape index (κ1) is 21.2. The van der Waals surface area contributed by atoms with Gasteiger partial charge in [-0.1, -0.05) is 60.7 Å². The van der Waals surface area contributed by atoms with Crippen molar-refractivity contribution in [1.29, 1.82) is 0 Å². The van der Waals surface area contributed by atoms with E-state index in [1.54, 1.807) is 0 Å². The molecule has 162 valence electrons. The Labute approximate surface area is 180 Å². The van der Waals surface area contributed by atoms with E-state index in [0.717, 1.165) is 11.1 Å². The summed E-state index contributed by atoms with van der Waals surface area (Å²) in [6.07, 6.45) is 1.38. The van der Waals surface area contributed by atoms with Gasteiger partial charge in [-0.3, -0.25) is 14.3 Å². The highest BCUT2D eigenvalue weighted by molar-refractivity contribution is 5.14. The summed E-state index contributed by atoms with van der Waals surface area (Å²) in [4.78, 5) is 25.9. The molecule has 0 saturated carbocycles. The van der Waals surface area contributed by atoms with Crippen LogP contribution in [0.5, 0.6) is 0 Å². The van der Waals surface area contributed by atoms with E-state index >= 15 is 0 Å². The summed E-state index contributed by atoms with van der Waals surface area (Å²) < 4.78 is 19.4. The van der Waals surface area contributed by atoms with Gasteiger partial charge in [0.1, 0.15) is 6.23 Å². The van der Waals surface area contributed by atoms with Crippen molar-refractivity contribution >= 4 is 0 Å². The van der Waals surface area contributed by atoms with Crippen molar-refractivity contribution in [3.8, 4) is 0 Å². The van der Waals surface area contributed by atoms with Crippen LogP contribution in [0.4, 0.5) is 0 Å². The third-order valence-corrected chi connectivity index (χ3v) is 5.36. The minimum atomic E-state index is -0.479. The molecule has 0 radical (unpaired) electrons. The van der Waals surface area contributed by atoms with Gasteiger partial charge in [0, 0.05) is 24.6 Å². The molecule has 2 heterocycles. The topological polar surface area (TPSA) is 82.5 Å². The fourth-order valence-corrected chi connectivity index (χ4v) is 3.73. The Morgan fingerprint density at radius 3 is 2.10 bits per heavy atom. The van der Waals surface area contributed by atoms with Gasteiger partial charge < -0.3 is 14.2 Å². The minimum absolute atomic E-state index is 0.0586. The van der Waals surface area contributed by atoms with Gasteiger partial charge in [-0.2, -0.15) is 0 Å². The van der Waals surface area contributed by atoms with Crippen LogP contribution in [0.1, 0.15) is 23.8 Å². The Morgan fingerprint density at radius 2 is 1.48 bits per heavy atom. The SMILES string of the molecule is O=c1ccn([C@@H]2C[C@H](COCc3ccccc3)[C@@H](COCc3ccccc3)O2)c(=O)[nH]1. The van der Waals surface area contributed by atoms with E-state index < -0.39 is 17.5 Å². The molecule has 3 atom stereocenters. The molecule has 4 rings (SSSR count). The van der Waals surface area contributed by atoms with Crippen molar-refractivity contribution in [3.05, 3.63) is 105 Å². The number of hydrogen-bond donors (Lipinski definition) is 1. The highest BCUT2D eigenvalue weighted by atomic mass is 16.6. The number of aromatic nitrogens is 2. The van der Waals surface area contributed by atoms with Crippen LogP contribution in [0.2, 0.25) is 0 Å². The standard InChI is InChI=1S/C24H26N2O5/c27-22-11-12-26(24(28)25-22)23-13-20(16-29-14-18-7-3-1-4-8-18)21(31-23)17-30-15-19-9-5-2-6-10-19/h1-12,20-21,23H,13-17H2,(H,25,27,28)/t20-,21-,23+/m1/s1. The molecule has 3 aromatic rings. The first-order valence-electron chi connectivity index (χ1n) is 10.4. The van der Waals surface area contributed by atoms with Crippen molar-refractivity contribution in [2.75, 3.05) is 13.2 Å². The van der Waals surface area contributed by atoms with Crippen LogP contribution in [-0.2, 0) is 27.4 Å². The van der Waals surface area contributed by atoms with Gasteiger partial charge in [-0.05, 0) is 11.1 Å². The van der Waals surface area contributed by atoms with Crippen molar-refractivity contribution in [2.24, 2.45) is 5.92 Å². The number of nitrogens with zero attached hydrogens (tertiary/aromatic N) is 1. The number of ether oxygens (including phenoxy) is 3. The van der Waals surface area contributed by atoms with Crippen LogP contribution in [0.25, 0.3) is 0 Å². The summed E-state index contributed by atoms with van der Waals surface area (Å²) in [5.74, 6) is 0.0586. The lowest BCUT2D eigenvalue weighted by atomic mass is 10.0. The molecule has 1 saturated heterocycles. The number of hydrogen-bond acceptors (Lipinski definition) is 5. The molecule has 31 heavy (non-hydrogen) atoms. The summed E-state index contributed by atoms with van der Waals surface area (Å²) in [5, 5.41) is 0. The number of benzene rings is 2. The molecule has 0 bridgehead atoms. The molecule has 1 fully saturated rings. The third kappa shape index (κ3) is 5.79. The van der Waals surface area contributed by atoms with E-state index in [9.17, 15) is 9.59 Å². The molecule has 0 amide bonds. The minimum Gasteiger partial charge on any atom is -0.376 e.